The van der Waals surface area contributed by atoms with E-state index in [0.717, 1.165) is 5.56 Å². The molecular formula is C21H31NO11. The predicted molar refractivity (Wildman–Crippen MR) is 109 cm³/mol. The third kappa shape index (κ3) is 6.05. The van der Waals surface area contributed by atoms with Crippen LogP contribution < -0.4 is 5.32 Å². The van der Waals surface area contributed by atoms with E-state index in [9.17, 15) is 35.4 Å². The summed E-state index contributed by atoms with van der Waals surface area (Å²) in [5.74, 6) is -0.492. The van der Waals surface area contributed by atoms with Gasteiger partial charge in [-0.1, -0.05) is 30.3 Å². The fraction of sp³-hybridized carbons (Fsp3) is 0.667. The first kappa shape index (κ1) is 25.9. The van der Waals surface area contributed by atoms with E-state index in [4.69, 9.17) is 18.9 Å². The van der Waals surface area contributed by atoms with Crippen LogP contribution in [0.2, 0.25) is 0 Å². The van der Waals surface area contributed by atoms with Crippen molar-refractivity contribution in [1.29, 1.82) is 0 Å². The lowest BCUT2D eigenvalue weighted by Gasteiger charge is -2.47. The summed E-state index contributed by atoms with van der Waals surface area (Å²) in [5, 5.41) is 62.8. The molecule has 186 valence electrons. The Hall–Kier alpha value is -1.71. The van der Waals surface area contributed by atoms with E-state index in [0.29, 0.717) is 0 Å². The Bertz CT molecular complexity index is 751. The fourth-order valence-electron chi connectivity index (χ4n) is 3.85. The first-order valence-electron chi connectivity index (χ1n) is 10.6. The molecule has 0 saturated carbocycles. The van der Waals surface area contributed by atoms with Crippen LogP contribution in [-0.4, -0.2) is 111 Å². The Balaban J connectivity index is 1.82. The summed E-state index contributed by atoms with van der Waals surface area (Å²) in [4.78, 5) is 11.9. The maximum atomic E-state index is 11.9. The minimum atomic E-state index is -1.73. The van der Waals surface area contributed by atoms with Gasteiger partial charge < -0.3 is 54.9 Å². The van der Waals surface area contributed by atoms with Gasteiger partial charge in [-0.3, -0.25) is 4.79 Å². The molecule has 33 heavy (non-hydrogen) atoms. The summed E-state index contributed by atoms with van der Waals surface area (Å²) in [6, 6.07) is 8.00. The number of aliphatic hydroxyl groups excluding tert-OH is 6. The number of amides is 1. The van der Waals surface area contributed by atoms with Crippen molar-refractivity contribution in [2.75, 3.05) is 13.2 Å². The molecule has 0 aromatic heterocycles. The largest absolute Gasteiger partial charge is 0.394 e. The van der Waals surface area contributed by atoms with Gasteiger partial charge in [0, 0.05) is 6.92 Å². The van der Waals surface area contributed by atoms with Crippen molar-refractivity contribution in [3.8, 4) is 0 Å². The average Bonchev–Trinajstić information content (AvgIpc) is 2.81. The van der Waals surface area contributed by atoms with Gasteiger partial charge in [0.05, 0.1) is 19.8 Å². The number of rotatable bonds is 8. The van der Waals surface area contributed by atoms with Crippen LogP contribution in [0.5, 0.6) is 0 Å². The summed E-state index contributed by atoms with van der Waals surface area (Å²) in [6.07, 6.45) is -13.0. The lowest BCUT2D eigenvalue weighted by molar-refractivity contribution is -0.345. The number of hydrogen-bond donors (Lipinski definition) is 7. The van der Waals surface area contributed by atoms with E-state index in [1.807, 2.05) is 30.3 Å². The monoisotopic (exact) mass is 473 g/mol. The molecule has 0 bridgehead atoms. The molecule has 2 saturated heterocycles. The molecule has 3 rings (SSSR count). The maximum absolute atomic E-state index is 11.9. The lowest BCUT2D eigenvalue weighted by atomic mass is 9.95. The van der Waals surface area contributed by atoms with Crippen molar-refractivity contribution in [2.45, 2.75) is 74.9 Å². The van der Waals surface area contributed by atoms with E-state index >= 15 is 0 Å². The topological polar surface area (TPSA) is 187 Å². The van der Waals surface area contributed by atoms with Gasteiger partial charge in [-0.25, -0.2) is 0 Å². The Labute approximate surface area is 190 Å². The van der Waals surface area contributed by atoms with E-state index in [2.05, 4.69) is 5.32 Å². The van der Waals surface area contributed by atoms with Crippen LogP contribution in [-0.2, 0) is 30.3 Å². The van der Waals surface area contributed by atoms with Crippen molar-refractivity contribution in [2.24, 2.45) is 0 Å². The molecule has 2 heterocycles. The van der Waals surface area contributed by atoms with E-state index in [1.54, 1.807) is 0 Å². The highest BCUT2D eigenvalue weighted by Crippen LogP contribution is 2.30. The van der Waals surface area contributed by atoms with Crippen LogP contribution in [0.25, 0.3) is 0 Å². The summed E-state index contributed by atoms with van der Waals surface area (Å²) in [7, 11) is 0. The summed E-state index contributed by atoms with van der Waals surface area (Å²) < 4.78 is 22.6. The van der Waals surface area contributed by atoms with E-state index < -0.39 is 80.5 Å². The third-order valence-electron chi connectivity index (χ3n) is 5.62. The first-order chi connectivity index (χ1) is 15.8. The molecule has 2 fully saturated rings. The zero-order valence-electron chi connectivity index (χ0n) is 18.0. The molecular weight excluding hydrogens is 442 g/mol. The molecule has 1 amide bonds. The maximum Gasteiger partial charge on any atom is 0.217 e. The molecule has 0 unspecified atom stereocenters. The number of hydrogen-bond acceptors (Lipinski definition) is 11. The molecule has 0 spiro atoms. The third-order valence-corrected chi connectivity index (χ3v) is 5.62. The first-order valence-corrected chi connectivity index (χ1v) is 10.6. The molecule has 12 heteroatoms. The van der Waals surface area contributed by atoms with Gasteiger partial charge in [-0.15, -0.1) is 0 Å². The quantitative estimate of drug-likeness (QED) is 0.203. The van der Waals surface area contributed by atoms with Crippen LogP contribution in [0.15, 0.2) is 30.3 Å². The smallest absolute Gasteiger partial charge is 0.217 e. The zero-order chi connectivity index (χ0) is 24.1. The second-order valence-corrected chi connectivity index (χ2v) is 8.04. The Morgan fingerprint density at radius 2 is 1.52 bits per heavy atom. The molecule has 1 aromatic carbocycles. The van der Waals surface area contributed by atoms with Crippen LogP contribution in [0, 0.1) is 0 Å². The summed E-state index contributed by atoms with van der Waals surface area (Å²) in [5.41, 5.74) is 0.806. The second-order valence-electron chi connectivity index (χ2n) is 8.04. The van der Waals surface area contributed by atoms with Crippen LogP contribution in [0.4, 0.5) is 0 Å². The van der Waals surface area contributed by atoms with Gasteiger partial charge in [0.2, 0.25) is 5.91 Å². The molecule has 10 atom stereocenters. The van der Waals surface area contributed by atoms with Crippen molar-refractivity contribution in [1.82, 2.24) is 5.32 Å². The molecule has 0 aliphatic carbocycles. The van der Waals surface area contributed by atoms with Gasteiger partial charge in [-0.05, 0) is 5.56 Å². The number of aliphatic hydroxyl groups is 6. The Kier molecular flexibility index (Phi) is 9.12. The second kappa shape index (κ2) is 11.6. The highest BCUT2D eigenvalue weighted by molar-refractivity contribution is 5.73. The minimum absolute atomic E-state index is 0.0859. The molecule has 12 nitrogen and oxygen atoms in total. The lowest BCUT2D eigenvalue weighted by Crippen LogP contribution is -2.68. The zero-order valence-corrected chi connectivity index (χ0v) is 18.0. The SMILES string of the molecule is CC(=O)N[C@@H]1[C@@H](OCc2ccccc2)O[C@H](CO)[C@H](O)[C@@H]1O[C@@H]1O[C@H](CO)[C@H](O)[C@H](O)[C@H]1O. The number of carbonyl (C=O) groups excluding carboxylic acids is 1. The van der Waals surface area contributed by atoms with Gasteiger partial charge >= 0.3 is 0 Å². The van der Waals surface area contributed by atoms with Gasteiger partial charge in [0.15, 0.2) is 12.6 Å². The predicted octanol–water partition coefficient (Wildman–Crippen LogP) is -3.03. The summed E-state index contributed by atoms with van der Waals surface area (Å²) in [6.45, 7) is 0.0539. The van der Waals surface area contributed by atoms with Crippen molar-refractivity contribution >= 4 is 5.91 Å². The van der Waals surface area contributed by atoms with Gasteiger partial charge in [0.1, 0.15) is 48.8 Å². The highest BCUT2D eigenvalue weighted by atomic mass is 16.7. The number of carbonyl (C=O) groups is 1. The van der Waals surface area contributed by atoms with Crippen molar-refractivity contribution in [3.05, 3.63) is 35.9 Å². The molecule has 0 radical (unpaired) electrons. The standard InChI is InChI=1S/C21H31NO11/c1-10(25)22-14-19(33-21-18(29)17(28)15(26)12(7-23)32-21)16(27)13(8-24)31-20(14)30-9-11-5-3-2-4-6-11/h2-6,12-21,23-24,26-29H,7-9H2,1H3,(H,22,25)/t12-,13-,14+,15+,16+,17+,18-,19-,20+,21+/m1/s1. The van der Waals surface area contributed by atoms with Crippen molar-refractivity contribution in [3.63, 3.8) is 0 Å². The molecule has 7 N–H and O–H groups in total. The molecule has 2 aliphatic rings. The number of ether oxygens (including phenoxy) is 4. The van der Waals surface area contributed by atoms with E-state index in [1.165, 1.54) is 6.92 Å². The fourth-order valence-corrected chi connectivity index (χ4v) is 3.85. The molecule has 2 aliphatic heterocycles. The summed E-state index contributed by atoms with van der Waals surface area (Å²) >= 11 is 0. The van der Waals surface area contributed by atoms with Crippen molar-refractivity contribution < 1.29 is 54.4 Å². The minimum Gasteiger partial charge on any atom is -0.394 e. The normalized spacial score (nSPS) is 39.2. The Morgan fingerprint density at radius 3 is 2.12 bits per heavy atom. The number of nitrogens with one attached hydrogen (secondary N) is 1. The van der Waals surface area contributed by atoms with Gasteiger partial charge in [-0.2, -0.15) is 0 Å². The average molecular weight is 473 g/mol. The number of benzene rings is 1. The van der Waals surface area contributed by atoms with E-state index in [-0.39, 0.29) is 6.61 Å². The Morgan fingerprint density at radius 1 is 0.909 bits per heavy atom. The van der Waals surface area contributed by atoms with Crippen LogP contribution in [0.1, 0.15) is 12.5 Å². The van der Waals surface area contributed by atoms with Gasteiger partial charge in [0.25, 0.3) is 0 Å². The van der Waals surface area contributed by atoms with Crippen LogP contribution >= 0.6 is 0 Å². The van der Waals surface area contributed by atoms with Crippen LogP contribution in [0.3, 0.4) is 0 Å². The molecule has 1 aromatic rings. The highest BCUT2D eigenvalue weighted by Gasteiger charge is 2.51.